The molecule has 0 saturated carbocycles. The van der Waals surface area contributed by atoms with Gasteiger partial charge in [0, 0.05) is 26.1 Å². The molecule has 9 heteroatoms. The van der Waals surface area contributed by atoms with Crippen LogP contribution in [0.25, 0.3) is 0 Å². The highest BCUT2D eigenvalue weighted by Gasteiger charge is 2.32. The van der Waals surface area contributed by atoms with E-state index in [0.29, 0.717) is 48.9 Å². The number of methoxy groups -OCH3 is 1. The van der Waals surface area contributed by atoms with E-state index in [4.69, 9.17) is 14.2 Å². The van der Waals surface area contributed by atoms with Crippen LogP contribution in [0, 0.1) is 0 Å². The van der Waals surface area contributed by atoms with Gasteiger partial charge in [-0.25, -0.2) is 0 Å². The molecule has 2 aliphatic heterocycles. The Kier molecular flexibility index (Phi) is 5.95. The molecular weight excluding hydrogens is 413 g/mol. The van der Waals surface area contributed by atoms with Crippen LogP contribution >= 0.6 is 0 Å². The van der Waals surface area contributed by atoms with E-state index >= 15 is 0 Å². The summed E-state index contributed by atoms with van der Waals surface area (Å²) < 4.78 is 55.9. The zero-order valence-corrected chi connectivity index (χ0v) is 17.0. The van der Waals surface area contributed by atoms with Crippen LogP contribution in [0.1, 0.15) is 35.6 Å². The molecule has 2 aromatic carbocycles. The van der Waals surface area contributed by atoms with E-state index in [-0.39, 0.29) is 12.7 Å². The van der Waals surface area contributed by atoms with Gasteiger partial charge in [0.25, 0.3) is 0 Å². The van der Waals surface area contributed by atoms with E-state index in [9.17, 15) is 18.0 Å². The first-order valence-electron chi connectivity index (χ1n) is 10.00. The molecule has 1 saturated heterocycles. The Morgan fingerprint density at radius 3 is 2.77 bits per heavy atom. The normalized spacial score (nSPS) is 16.6. The number of rotatable bonds is 7. The molecule has 1 fully saturated rings. The van der Waals surface area contributed by atoms with Crippen molar-refractivity contribution >= 4 is 5.91 Å². The van der Waals surface area contributed by atoms with Crippen molar-refractivity contribution in [1.82, 2.24) is 10.2 Å². The fourth-order valence-electron chi connectivity index (χ4n) is 3.86. The smallest absolute Gasteiger partial charge is 0.416 e. The molecule has 31 heavy (non-hydrogen) atoms. The third-order valence-corrected chi connectivity index (χ3v) is 5.46. The summed E-state index contributed by atoms with van der Waals surface area (Å²) in [7, 11) is 1.53. The number of alkyl halides is 3. The average Bonchev–Trinajstić information content (AvgIpc) is 3.38. The van der Waals surface area contributed by atoms with Gasteiger partial charge in [-0.2, -0.15) is 13.2 Å². The monoisotopic (exact) mass is 436 g/mol. The molecule has 1 amide bonds. The first-order valence-corrected chi connectivity index (χ1v) is 10.00. The first kappa shape index (κ1) is 21.3. The number of hydrogen-bond donors (Lipinski definition) is 1. The van der Waals surface area contributed by atoms with E-state index < -0.39 is 17.8 Å². The molecule has 0 aromatic heterocycles. The Bertz CT molecular complexity index is 964. The summed E-state index contributed by atoms with van der Waals surface area (Å²) in [5, 5.41) is 3.31. The molecule has 1 unspecified atom stereocenters. The lowest BCUT2D eigenvalue weighted by Gasteiger charge is -2.26. The molecule has 2 aromatic rings. The number of hydrogen-bond acceptors (Lipinski definition) is 5. The van der Waals surface area contributed by atoms with Crippen LogP contribution in [0.5, 0.6) is 17.2 Å². The van der Waals surface area contributed by atoms with Gasteiger partial charge in [-0.05, 0) is 41.8 Å². The number of benzene rings is 2. The van der Waals surface area contributed by atoms with Gasteiger partial charge in [0.2, 0.25) is 18.4 Å². The maximum atomic E-state index is 13.2. The summed E-state index contributed by atoms with van der Waals surface area (Å²) in [5.41, 5.74) is 0.586. The predicted octanol–water partition coefficient (Wildman–Crippen LogP) is 3.90. The van der Waals surface area contributed by atoms with Crippen LogP contribution in [0.2, 0.25) is 0 Å². The molecule has 0 aliphatic carbocycles. The van der Waals surface area contributed by atoms with E-state index in [2.05, 4.69) is 5.32 Å². The quantitative estimate of drug-likeness (QED) is 0.714. The Morgan fingerprint density at radius 2 is 2.06 bits per heavy atom. The second-order valence-electron chi connectivity index (χ2n) is 7.53. The third-order valence-electron chi connectivity index (χ3n) is 5.46. The second kappa shape index (κ2) is 8.66. The standard InChI is InChI=1S/C22H23F3N2O4/c1-29-18-8-14(9-19-21(18)31-13-30-19)11-26-17(12-27-7-3-6-20(27)28)15-4-2-5-16(10-15)22(23,24)25/h2,4-5,8-10,17,26H,3,6-7,11-13H2,1H3. The molecular formula is C22H23F3N2O4. The number of likely N-dealkylation sites (tertiary alicyclic amines) is 1. The van der Waals surface area contributed by atoms with Crippen molar-refractivity contribution in [3.8, 4) is 17.2 Å². The van der Waals surface area contributed by atoms with Gasteiger partial charge in [-0.15, -0.1) is 0 Å². The number of nitrogens with one attached hydrogen (secondary N) is 1. The van der Waals surface area contributed by atoms with Gasteiger partial charge in [0.05, 0.1) is 18.7 Å². The SMILES string of the molecule is COc1cc(CNC(CN2CCCC2=O)c2cccc(C(F)(F)F)c2)cc2c1OCO2. The molecule has 6 nitrogen and oxygen atoms in total. The van der Waals surface area contributed by atoms with Gasteiger partial charge in [-0.1, -0.05) is 12.1 Å². The second-order valence-corrected chi connectivity index (χ2v) is 7.53. The third kappa shape index (κ3) is 4.71. The summed E-state index contributed by atoms with van der Waals surface area (Å²) in [4.78, 5) is 13.8. The van der Waals surface area contributed by atoms with Crippen molar-refractivity contribution in [1.29, 1.82) is 0 Å². The fourth-order valence-corrected chi connectivity index (χ4v) is 3.86. The van der Waals surface area contributed by atoms with Gasteiger partial charge in [0.1, 0.15) is 0 Å². The summed E-state index contributed by atoms with van der Waals surface area (Å²) in [6, 6.07) is 8.35. The highest BCUT2D eigenvalue weighted by molar-refractivity contribution is 5.78. The van der Waals surface area contributed by atoms with E-state index in [1.807, 2.05) is 6.07 Å². The minimum atomic E-state index is -4.44. The van der Waals surface area contributed by atoms with Gasteiger partial charge >= 0.3 is 6.18 Å². The average molecular weight is 436 g/mol. The van der Waals surface area contributed by atoms with E-state index in [1.165, 1.54) is 13.2 Å². The number of carbonyl (C=O) groups excluding carboxylic acids is 1. The molecule has 1 N–H and O–H groups in total. The van der Waals surface area contributed by atoms with Crippen LogP contribution in [-0.2, 0) is 17.5 Å². The lowest BCUT2D eigenvalue weighted by atomic mass is 10.0. The number of fused-ring (bicyclic) bond motifs is 1. The molecule has 0 bridgehead atoms. The molecule has 0 radical (unpaired) electrons. The Labute approximate surface area is 177 Å². The number of amides is 1. The summed E-state index contributed by atoms with van der Waals surface area (Å²) in [6.45, 7) is 1.35. The molecule has 2 heterocycles. The van der Waals surface area contributed by atoms with Crippen LogP contribution in [0.4, 0.5) is 13.2 Å². The van der Waals surface area contributed by atoms with Crippen molar-refractivity contribution in [3.63, 3.8) is 0 Å². The van der Waals surface area contributed by atoms with E-state index in [1.54, 1.807) is 17.0 Å². The maximum absolute atomic E-state index is 13.2. The zero-order valence-electron chi connectivity index (χ0n) is 17.0. The van der Waals surface area contributed by atoms with Crippen molar-refractivity contribution < 1.29 is 32.2 Å². The minimum absolute atomic E-state index is 0.0172. The molecule has 166 valence electrons. The lowest BCUT2D eigenvalue weighted by molar-refractivity contribution is -0.137. The molecule has 1 atom stereocenters. The number of ether oxygens (including phenoxy) is 3. The fraction of sp³-hybridized carbons (Fsp3) is 0.409. The molecule has 0 spiro atoms. The molecule has 4 rings (SSSR count). The van der Waals surface area contributed by atoms with Crippen molar-refractivity contribution in [2.45, 2.75) is 31.6 Å². The van der Waals surface area contributed by atoms with Crippen LogP contribution in [-0.4, -0.2) is 37.8 Å². The van der Waals surface area contributed by atoms with Gasteiger partial charge < -0.3 is 24.4 Å². The summed E-state index contributed by atoms with van der Waals surface area (Å²) >= 11 is 0. The largest absolute Gasteiger partial charge is 0.493 e. The van der Waals surface area contributed by atoms with E-state index in [0.717, 1.165) is 24.1 Å². The highest BCUT2D eigenvalue weighted by atomic mass is 19.4. The predicted molar refractivity (Wildman–Crippen MR) is 106 cm³/mol. The Morgan fingerprint density at radius 1 is 1.23 bits per heavy atom. The van der Waals surface area contributed by atoms with Gasteiger partial charge in [-0.3, -0.25) is 4.79 Å². The Balaban J connectivity index is 1.57. The maximum Gasteiger partial charge on any atom is 0.416 e. The Hall–Kier alpha value is -2.94. The number of carbonyl (C=O) groups is 1. The lowest BCUT2D eigenvalue weighted by Crippen LogP contribution is -2.36. The molecule has 2 aliphatic rings. The summed E-state index contributed by atoms with van der Waals surface area (Å²) in [5.74, 6) is 1.63. The summed E-state index contributed by atoms with van der Waals surface area (Å²) in [6.07, 6.45) is -3.21. The number of halogens is 3. The first-order chi connectivity index (χ1) is 14.8. The highest BCUT2D eigenvalue weighted by Crippen LogP contribution is 2.42. The van der Waals surface area contributed by atoms with Gasteiger partial charge in [0.15, 0.2) is 11.5 Å². The number of nitrogens with zero attached hydrogens (tertiary/aromatic N) is 1. The topological polar surface area (TPSA) is 60.0 Å². The minimum Gasteiger partial charge on any atom is -0.493 e. The van der Waals surface area contributed by atoms with Crippen molar-refractivity contribution in [2.24, 2.45) is 0 Å². The van der Waals surface area contributed by atoms with Crippen LogP contribution < -0.4 is 19.5 Å². The van der Waals surface area contributed by atoms with Crippen molar-refractivity contribution in [3.05, 3.63) is 53.1 Å². The zero-order chi connectivity index (χ0) is 22.0. The van der Waals surface area contributed by atoms with Crippen molar-refractivity contribution in [2.75, 3.05) is 27.0 Å². The van der Waals surface area contributed by atoms with Crippen LogP contribution in [0.3, 0.4) is 0 Å². The van der Waals surface area contributed by atoms with Crippen LogP contribution in [0.15, 0.2) is 36.4 Å².